The van der Waals surface area contributed by atoms with Crippen molar-refractivity contribution < 1.29 is 23.4 Å². The number of rotatable bonds is 6. The van der Waals surface area contributed by atoms with Gasteiger partial charge in [0.25, 0.3) is 0 Å². The quantitative estimate of drug-likeness (QED) is 0.833. The van der Waals surface area contributed by atoms with Gasteiger partial charge in [0.2, 0.25) is 0 Å². The van der Waals surface area contributed by atoms with Crippen LogP contribution in [-0.2, 0) is 11.2 Å². The van der Waals surface area contributed by atoms with Gasteiger partial charge in [-0.25, -0.2) is 13.6 Å². The molecule has 1 aromatic carbocycles. The highest BCUT2D eigenvalue weighted by molar-refractivity contribution is 5.67. The van der Waals surface area contributed by atoms with Crippen LogP contribution in [0.15, 0.2) is 18.2 Å². The minimum absolute atomic E-state index is 0.0302. The molecule has 0 bridgehead atoms. The van der Waals surface area contributed by atoms with E-state index in [1.54, 1.807) is 20.8 Å². The van der Waals surface area contributed by atoms with Crippen molar-refractivity contribution in [3.8, 4) is 0 Å². The molecule has 1 saturated carbocycles. The SMILES string of the molecule is CC(C)(C)OC(=O)NCC(CO)(Cc1c(F)cccc1F)C1CC1. The second-order valence-electron chi connectivity index (χ2n) is 7.53. The smallest absolute Gasteiger partial charge is 0.407 e. The molecule has 0 aliphatic heterocycles. The van der Waals surface area contributed by atoms with E-state index in [0.717, 1.165) is 12.8 Å². The van der Waals surface area contributed by atoms with E-state index >= 15 is 0 Å². The van der Waals surface area contributed by atoms with Crippen molar-refractivity contribution in [2.24, 2.45) is 11.3 Å². The Hall–Kier alpha value is -1.69. The highest BCUT2D eigenvalue weighted by Crippen LogP contribution is 2.47. The average Bonchev–Trinajstić information content (AvgIpc) is 3.30. The molecule has 1 amide bonds. The summed E-state index contributed by atoms with van der Waals surface area (Å²) in [5.41, 5.74) is -1.48. The predicted octanol–water partition coefficient (Wildman–Crippen LogP) is 3.42. The molecule has 0 spiro atoms. The van der Waals surface area contributed by atoms with Gasteiger partial charge in [0.1, 0.15) is 17.2 Å². The number of amides is 1. The van der Waals surface area contributed by atoms with Crippen LogP contribution in [0.1, 0.15) is 39.2 Å². The Morgan fingerprint density at radius 3 is 2.33 bits per heavy atom. The van der Waals surface area contributed by atoms with Crippen LogP contribution in [0.5, 0.6) is 0 Å². The van der Waals surface area contributed by atoms with Crippen molar-refractivity contribution >= 4 is 6.09 Å². The number of hydrogen-bond acceptors (Lipinski definition) is 3. The van der Waals surface area contributed by atoms with Crippen molar-refractivity contribution in [3.63, 3.8) is 0 Å². The molecule has 0 heterocycles. The second kappa shape index (κ2) is 7.05. The van der Waals surface area contributed by atoms with E-state index in [-0.39, 0.29) is 31.1 Å². The summed E-state index contributed by atoms with van der Waals surface area (Å²) in [6.45, 7) is 5.10. The van der Waals surface area contributed by atoms with E-state index in [4.69, 9.17) is 4.74 Å². The molecule has 24 heavy (non-hydrogen) atoms. The van der Waals surface area contributed by atoms with Crippen molar-refractivity contribution in [3.05, 3.63) is 35.4 Å². The maximum atomic E-state index is 14.0. The minimum Gasteiger partial charge on any atom is -0.444 e. The zero-order valence-electron chi connectivity index (χ0n) is 14.4. The third kappa shape index (κ3) is 4.66. The van der Waals surface area contributed by atoms with Gasteiger partial charge in [-0.2, -0.15) is 0 Å². The minimum atomic E-state index is -0.792. The molecule has 134 valence electrons. The number of carbonyl (C=O) groups is 1. The molecule has 6 heteroatoms. The number of halogens is 2. The molecule has 2 rings (SSSR count). The van der Waals surface area contributed by atoms with E-state index in [1.165, 1.54) is 18.2 Å². The first-order valence-corrected chi connectivity index (χ1v) is 8.17. The van der Waals surface area contributed by atoms with Gasteiger partial charge >= 0.3 is 6.09 Å². The first kappa shape index (κ1) is 18.6. The fourth-order valence-electron chi connectivity index (χ4n) is 2.90. The lowest BCUT2D eigenvalue weighted by Crippen LogP contribution is -2.45. The first-order valence-electron chi connectivity index (χ1n) is 8.17. The number of nitrogens with one attached hydrogen (secondary N) is 1. The van der Waals surface area contributed by atoms with Crippen LogP contribution in [-0.4, -0.2) is 30.0 Å². The van der Waals surface area contributed by atoms with Crippen molar-refractivity contribution in [1.82, 2.24) is 5.32 Å². The van der Waals surface area contributed by atoms with Crippen LogP contribution < -0.4 is 5.32 Å². The summed E-state index contributed by atoms with van der Waals surface area (Å²) in [4.78, 5) is 11.9. The first-order chi connectivity index (χ1) is 11.2. The Labute approximate surface area is 141 Å². The van der Waals surface area contributed by atoms with Crippen LogP contribution in [0, 0.1) is 23.0 Å². The number of ether oxygens (including phenoxy) is 1. The molecule has 0 radical (unpaired) electrons. The number of alkyl carbamates (subject to hydrolysis) is 1. The highest BCUT2D eigenvalue weighted by Gasteiger charge is 2.46. The third-order valence-corrected chi connectivity index (χ3v) is 4.33. The van der Waals surface area contributed by atoms with Crippen molar-refractivity contribution in [1.29, 1.82) is 0 Å². The van der Waals surface area contributed by atoms with Crippen molar-refractivity contribution in [2.45, 2.75) is 45.6 Å². The van der Waals surface area contributed by atoms with Crippen molar-refractivity contribution in [2.75, 3.05) is 13.2 Å². The fourth-order valence-corrected chi connectivity index (χ4v) is 2.90. The lowest BCUT2D eigenvalue weighted by Gasteiger charge is -2.33. The Kier molecular flexibility index (Phi) is 5.48. The van der Waals surface area contributed by atoms with Crippen LogP contribution in [0.2, 0.25) is 0 Å². The maximum absolute atomic E-state index is 14.0. The van der Waals surface area contributed by atoms with Gasteiger partial charge in [0, 0.05) is 17.5 Å². The third-order valence-electron chi connectivity index (χ3n) is 4.33. The maximum Gasteiger partial charge on any atom is 0.407 e. The number of benzene rings is 1. The summed E-state index contributed by atoms with van der Waals surface area (Å²) >= 11 is 0. The van der Waals surface area contributed by atoms with E-state index in [0.29, 0.717) is 0 Å². The zero-order valence-corrected chi connectivity index (χ0v) is 14.4. The summed E-state index contributed by atoms with van der Waals surface area (Å²) in [6, 6.07) is 3.72. The molecule has 0 aromatic heterocycles. The summed E-state index contributed by atoms with van der Waals surface area (Å²) in [5.74, 6) is -1.15. The van der Waals surface area contributed by atoms with E-state index < -0.39 is 28.7 Å². The lowest BCUT2D eigenvalue weighted by atomic mass is 9.77. The van der Waals surface area contributed by atoms with Gasteiger partial charge in [0.15, 0.2) is 0 Å². The summed E-state index contributed by atoms with van der Waals surface area (Å²) < 4.78 is 33.2. The van der Waals surface area contributed by atoms with E-state index in [9.17, 15) is 18.7 Å². The molecule has 1 aromatic rings. The van der Waals surface area contributed by atoms with Gasteiger partial charge in [-0.1, -0.05) is 6.07 Å². The van der Waals surface area contributed by atoms with Gasteiger partial charge in [0.05, 0.1) is 6.61 Å². The number of aliphatic hydroxyl groups is 1. The summed E-state index contributed by atoms with van der Waals surface area (Å²) in [6.07, 6.45) is 1.16. The molecule has 2 N–H and O–H groups in total. The molecule has 1 unspecified atom stereocenters. The molecular weight excluding hydrogens is 316 g/mol. The molecule has 1 atom stereocenters. The van der Waals surface area contributed by atoms with Crippen LogP contribution in [0.3, 0.4) is 0 Å². The van der Waals surface area contributed by atoms with Gasteiger partial charge in [-0.05, 0) is 58.1 Å². The van der Waals surface area contributed by atoms with Gasteiger partial charge in [-0.3, -0.25) is 0 Å². The second-order valence-corrected chi connectivity index (χ2v) is 7.53. The Bertz CT molecular complexity index is 576. The lowest BCUT2D eigenvalue weighted by molar-refractivity contribution is 0.0437. The highest BCUT2D eigenvalue weighted by atomic mass is 19.1. The van der Waals surface area contributed by atoms with Gasteiger partial charge < -0.3 is 15.2 Å². The Morgan fingerprint density at radius 2 is 1.88 bits per heavy atom. The monoisotopic (exact) mass is 341 g/mol. The average molecular weight is 341 g/mol. The molecular formula is C18H25F2NO3. The summed E-state index contributed by atoms with van der Waals surface area (Å²) in [7, 11) is 0. The molecule has 1 fully saturated rings. The Morgan fingerprint density at radius 1 is 1.29 bits per heavy atom. The predicted molar refractivity (Wildman–Crippen MR) is 86.5 cm³/mol. The standard InChI is InChI=1S/C18H25F2NO3/c1-17(2,3)24-16(23)21-10-18(11-22,12-7-8-12)9-13-14(19)5-4-6-15(13)20/h4-6,12,22H,7-11H2,1-3H3,(H,21,23). The molecule has 4 nitrogen and oxygen atoms in total. The number of carbonyl (C=O) groups excluding carboxylic acids is 1. The topological polar surface area (TPSA) is 58.6 Å². The summed E-state index contributed by atoms with van der Waals surface area (Å²) in [5, 5.41) is 12.6. The van der Waals surface area contributed by atoms with E-state index in [2.05, 4.69) is 5.32 Å². The van der Waals surface area contributed by atoms with Crippen LogP contribution >= 0.6 is 0 Å². The number of aliphatic hydroxyl groups excluding tert-OH is 1. The van der Waals surface area contributed by atoms with E-state index in [1.807, 2.05) is 0 Å². The molecule has 1 aliphatic rings. The van der Waals surface area contributed by atoms with Crippen LogP contribution in [0.25, 0.3) is 0 Å². The molecule has 0 saturated heterocycles. The fraction of sp³-hybridized carbons (Fsp3) is 0.611. The number of hydrogen-bond donors (Lipinski definition) is 2. The Balaban J connectivity index is 2.14. The normalized spacial score (nSPS) is 17.2. The molecule has 1 aliphatic carbocycles. The van der Waals surface area contributed by atoms with Gasteiger partial charge in [-0.15, -0.1) is 0 Å². The zero-order chi connectivity index (χ0) is 18.0. The van der Waals surface area contributed by atoms with Crippen LogP contribution in [0.4, 0.5) is 13.6 Å². The largest absolute Gasteiger partial charge is 0.444 e.